The summed E-state index contributed by atoms with van der Waals surface area (Å²) in [6.45, 7) is 5.18. The summed E-state index contributed by atoms with van der Waals surface area (Å²) in [4.78, 5) is 4.06. The SMILES string of the molecule is CCCNC(c1ccc(Br)c(F)c1)C(C)c1ccncc1. The molecule has 2 nitrogen and oxygen atoms in total. The number of aromatic nitrogens is 1. The van der Waals surface area contributed by atoms with Gasteiger partial charge < -0.3 is 5.32 Å². The monoisotopic (exact) mass is 350 g/mol. The molecule has 2 rings (SSSR count). The number of rotatable bonds is 6. The second-order valence-corrected chi connectivity index (χ2v) is 6.03. The number of halogens is 2. The van der Waals surface area contributed by atoms with Crippen molar-refractivity contribution in [2.75, 3.05) is 6.54 Å². The average molecular weight is 351 g/mol. The van der Waals surface area contributed by atoms with Crippen molar-refractivity contribution in [2.24, 2.45) is 0 Å². The molecule has 1 aromatic heterocycles. The maximum Gasteiger partial charge on any atom is 0.137 e. The van der Waals surface area contributed by atoms with Crippen LogP contribution in [0.25, 0.3) is 0 Å². The Bertz CT molecular complexity index is 574. The standard InChI is InChI=1S/C17H20BrFN2/c1-3-8-21-17(12(2)13-6-9-20-10-7-13)14-4-5-15(18)16(19)11-14/h4-7,9-12,17,21H,3,8H2,1-2H3. The molecule has 0 amide bonds. The van der Waals surface area contributed by atoms with Crippen molar-refractivity contribution in [3.63, 3.8) is 0 Å². The molecule has 1 heterocycles. The van der Waals surface area contributed by atoms with Crippen LogP contribution in [0.3, 0.4) is 0 Å². The van der Waals surface area contributed by atoms with Crippen LogP contribution >= 0.6 is 15.9 Å². The van der Waals surface area contributed by atoms with Crippen molar-refractivity contribution >= 4 is 15.9 Å². The van der Waals surface area contributed by atoms with Crippen molar-refractivity contribution in [2.45, 2.75) is 32.2 Å². The minimum Gasteiger partial charge on any atom is -0.309 e. The van der Waals surface area contributed by atoms with Gasteiger partial charge in [-0.15, -0.1) is 0 Å². The first-order valence-electron chi connectivity index (χ1n) is 7.21. The summed E-state index contributed by atoms with van der Waals surface area (Å²) in [5, 5.41) is 3.53. The Morgan fingerprint density at radius 3 is 2.52 bits per heavy atom. The van der Waals surface area contributed by atoms with E-state index in [4.69, 9.17) is 0 Å². The minimum absolute atomic E-state index is 0.0787. The topological polar surface area (TPSA) is 24.9 Å². The molecule has 4 heteroatoms. The van der Waals surface area contributed by atoms with E-state index in [0.29, 0.717) is 4.47 Å². The molecule has 2 atom stereocenters. The van der Waals surface area contributed by atoms with Gasteiger partial charge in [0.05, 0.1) is 4.47 Å². The van der Waals surface area contributed by atoms with Gasteiger partial charge in [0.2, 0.25) is 0 Å². The Labute approximate surface area is 133 Å². The molecule has 21 heavy (non-hydrogen) atoms. The summed E-state index contributed by atoms with van der Waals surface area (Å²) in [5.41, 5.74) is 2.16. The Morgan fingerprint density at radius 2 is 1.90 bits per heavy atom. The third kappa shape index (κ3) is 4.11. The zero-order valence-corrected chi connectivity index (χ0v) is 13.9. The van der Waals surface area contributed by atoms with Gasteiger partial charge >= 0.3 is 0 Å². The molecule has 0 aliphatic rings. The maximum absolute atomic E-state index is 13.8. The fourth-order valence-corrected chi connectivity index (χ4v) is 2.70. The fourth-order valence-electron chi connectivity index (χ4n) is 2.45. The van der Waals surface area contributed by atoms with Crippen molar-refractivity contribution in [1.29, 1.82) is 0 Å². The lowest BCUT2D eigenvalue weighted by Gasteiger charge is -2.26. The van der Waals surface area contributed by atoms with E-state index in [2.05, 4.69) is 40.1 Å². The summed E-state index contributed by atoms with van der Waals surface area (Å²) in [7, 11) is 0. The number of nitrogens with one attached hydrogen (secondary N) is 1. The molecule has 0 aliphatic heterocycles. The Morgan fingerprint density at radius 1 is 1.19 bits per heavy atom. The highest BCUT2D eigenvalue weighted by atomic mass is 79.9. The van der Waals surface area contributed by atoms with Crippen molar-refractivity contribution in [3.8, 4) is 0 Å². The molecule has 0 saturated carbocycles. The van der Waals surface area contributed by atoms with Gasteiger partial charge in [0.1, 0.15) is 5.82 Å². The van der Waals surface area contributed by atoms with Crippen LogP contribution in [-0.4, -0.2) is 11.5 Å². The van der Waals surface area contributed by atoms with Crippen LogP contribution in [-0.2, 0) is 0 Å². The second kappa shape index (κ2) is 7.66. The van der Waals surface area contributed by atoms with E-state index in [1.54, 1.807) is 24.5 Å². The van der Waals surface area contributed by atoms with Crippen LogP contribution in [0, 0.1) is 5.82 Å². The van der Waals surface area contributed by atoms with Gasteiger partial charge in [-0.3, -0.25) is 4.98 Å². The van der Waals surface area contributed by atoms with Crippen LogP contribution < -0.4 is 5.32 Å². The van der Waals surface area contributed by atoms with Gasteiger partial charge in [0.25, 0.3) is 0 Å². The zero-order valence-electron chi connectivity index (χ0n) is 12.3. The summed E-state index contributed by atoms with van der Waals surface area (Å²) >= 11 is 3.21. The molecule has 0 aliphatic carbocycles. The summed E-state index contributed by atoms with van der Waals surface area (Å²) in [6, 6.07) is 9.45. The highest BCUT2D eigenvalue weighted by Crippen LogP contribution is 2.31. The van der Waals surface area contributed by atoms with E-state index in [0.717, 1.165) is 18.5 Å². The first kappa shape index (κ1) is 16.1. The lowest BCUT2D eigenvalue weighted by atomic mass is 9.89. The number of hydrogen-bond acceptors (Lipinski definition) is 2. The number of nitrogens with zero attached hydrogens (tertiary/aromatic N) is 1. The van der Waals surface area contributed by atoms with Gasteiger partial charge in [0, 0.05) is 24.4 Å². The molecule has 0 saturated heterocycles. The van der Waals surface area contributed by atoms with E-state index >= 15 is 0 Å². The Balaban J connectivity index is 2.31. The Kier molecular flexibility index (Phi) is 5.88. The van der Waals surface area contributed by atoms with Gasteiger partial charge in [-0.1, -0.05) is 19.9 Å². The molecule has 0 radical (unpaired) electrons. The predicted octanol–water partition coefficient (Wildman–Crippen LogP) is 4.83. The molecule has 0 spiro atoms. The number of pyridine rings is 1. The third-order valence-electron chi connectivity index (χ3n) is 3.65. The maximum atomic E-state index is 13.8. The van der Waals surface area contributed by atoms with Crippen LogP contribution in [0.1, 0.15) is 43.4 Å². The van der Waals surface area contributed by atoms with E-state index in [1.165, 1.54) is 5.56 Å². The van der Waals surface area contributed by atoms with Gasteiger partial charge in [-0.2, -0.15) is 0 Å². The highest BCUT2D eigenvalue weighted by molar-refractivity contribution is 9.10. The normalized spacial score (nSPS) is 13.9. The quantitative estimate of drug-likeness (QED) is 0.807. The third-order valence-corrected chi connectivity index (χ3v) is 4.29. The van der Waals surface area contributed by atoms with Gasteiger partial charge in [-0.25, -0.2) is 4.39 Å². The molecule has 2 unspecified atom stereocenters. The molecule has 1 N–H and O–H groups in total. The van der Waals surface area contributed by atoms with E-state index < -0.39 is 0 Å². The fraction of sp³-hybridized carbons (Fsp3) is 0.353. The van der Waals surface area contributed by atoms with E-state index in [9.17, 15) is 4.39 Å². The first-order chi connectivity index (χ1) is 10.1. The van der Waals surface area contributed by atoms with Crippen molar-refractivity contribution in [1.82, 2.24) is 10.3 Å². The van der Waals surface area contributed by atoms with Gasteiger partial charge in [0.15, 0.2) is 0 Å². The Hall–Kier alpha value is -1.26. The summed E-state index contributed by atoms with van der Waals surface area (Å²) < 4.78 is 14.3. The molecular weight excluding hydrogens is 331 g/mol. The van der Waals surface area contributed by atoms with Crippen LogP contribution in [0.15, 0.2) is 47.2 Å². The number of benzene rings is 1. The highest BCUT2D eigenvalue weighted by Gasteiger charge is 2.21. The van der Waals surface area contributed by atoms with Gasteiger partial charge in [-0.05, 0) is 64.3 Å². The lowest BCUT2D eigenvalue weighted by molar-refractivity contribution is 0.463. The zero-order chi connectivity index (χ0) is 15.2. The predicted molar refractivity (Wildman–Crippen MR) is 87.8 cm³/mol. The second-order valence-electron chi connectivity index (χ2n) is 5.17. The smallest absolute Gasteiger partial charge is 0.137 e. The largest absolute Gasteiger partial charge is 0.309 e. The molecule has 0 bridgehead atoms. The summed E-state index contributed by atoms with van der Waals surface area (Å²) in [6.07, 6.45) is 4.63. The average Bonchev–Trinajstić information content (AvgIpc) is 2.51. The van der Waals surface area contributed by atoms with Crippen molar-refractivity contribution in [3.05, 3.63) is 64.1 Å². The van der Waals surface area contributed by atoms with E-state index in [1.807, 2.05) is 18.2 Å². The first-order valence-corrected chi connectivity index (χ1v) is 8.01. The van der Waals surface area contributed by atoms with Crippen LogP contribution in [0.5, 0.6) is 0 Å². The summed E-state index contributed by atoms with van der Waals surface area (Å²) in [5.74, 6) is 0.0119. The molecule has 112 valence electrons. The molecule has 1 aromatic carbocycles. The molecular formula is C17H20BrFN2. The van der Waals surface area contributed by atoms with Crippen LogP contribution in [0.2, 0.25) is 0 Å². The van der Waals surface area contributed by atoms with Crippen LogP contribution in [0.4, 0.5) is 4.39 Å². The molecule has 2 aromatic rings. The number of hydrogen-bond donors (Lipinski definition) is 1. The van der Waals surface area contributed by atoms with E-state index in [-0.39, 0.29) is 17.8 Å². The van der Waals surface area contributed by atoms with Crippen molar-refractivity contribution < 1.29 is 4.39 Å². The minimum atomic E-state index is -0.224. The lowest BCUT2D eigenvalue weighted by Crippen LogP contribution is -2.26. The molecule has 0 fully saturated rings.